The van der Waals surface area contributed by atoms with Crippen molar-refractivity contribution in [3.8, 4) is 11.4 Å². The van der Waals surface area contributed by atoms with E-state index in [1.165, 1.54) is 17.3 Å². The standard InChI is InChI=1S/C20H21ClN4OS/c1-4-25-19(15-7-5-6-13(2)10-15)23-24-20(25)27-12-18(26)22-17-11-16(21)9-8-14(17)3/h5-11H,4,12H2,1-3H3,(H,22,26). The van der Waals surface area contributed by atoms with Gasteiger partial charge in [-0.1, -0.05) is 53.2 Å². The molecule has 0 saturated carbocycles. The molecule has 0 radical (unpaired) electrons. The number of hydrogen-bond acceptors (Lipinski definition) is 4. The number of aryl methyl sites for hydroxylation is 2. The van der Waals surface area contributed by atoms with E-state index in [0.29, 0.717) is 5.02 Å². The van der Waals surface area contributed by atoms with Crippen molar-refractivity contribution in [1.29, 1.82) is 0 Å². The number of anilines is 1. The molecule has 5 nitrogen and oxygen atoms in total. The maximum absolute atomic E-state index is 12.3. The predicted molar refractivity (Wildman–Crippen MR) is 111 cm³/mol. The molecule has 140 valence electrons. The Labute approximate surface area is 168 Å². The van der Waals surface area contributed by atoms with Crippen LogP contribution in [0, 0.1) is 13.8 Å². The maximum atomic E-state index is 12.3. The summed E-state index contributed by atoms with van der Waals surface area (Å²) in [7, 11) is 0. The molecule has 1 heterocycles. The molecule has 0 aliphatic heterocycles. The monoisotopic (exact) mass is 400 g/mol. The molecular weight excluding hydrogens is 380 g/mol. The van der Waals surface area contributed by atoms with Crippen molar-refractivity contribution in [2.75, 3.05) is 11.1 Å². The smallest absolute Gasteiger partial charge is 0.234 e. The summed E-state index contributed by atoms with van der Waals surface area (Å²) in [4.78, 5) is 12.3. The van der Waals surface area contributed by atoms with Crippen molar-refractivity contribution in [3.63, 3.8) is 0 Å². The van der Waals surface area contributed by atoms with Gasteiger partial charge in [0.15, 0.2) is 11.0 Å². The summed E-state index contributed by atoms with van der Waals surface area (Å²) < 4.78 is 2.03. The molecule has 0 bridgehead atoms. The fourth-order valence-corrected chi connectivity index (χ4v) is 3.70. The first-order valence-corrected chi connectivity index (χ1v) is 10.0. The summed E-state index contributed by atoms with van der Waals surface area (Å²) in [6.07, 6.45) is 0. The summed E-state index contributed by atoms with van der Waals surface area (Å²) in [6, 6.07) is 13.6. The minimum absolute atomic E-state index is 0.104. The number of nitrogens with one attached hydrogen (secondary N) is 1. The van der Waals surface area contributed by atoms with E-state index in [4.69, 9.17) is 11.6 Å². The second-order valence-electron chi connectivity index (χ2n) is 6.22. The summed E-state index contributed by atoms with van der Waals surface area (Å²) in [5.41, 5.74) is 3.89. The molecule has 0 unspecified atom stereocenters. The Morgan fingerprint density at radius 1 is 1.19 bits per heavy atom. The van der Waals surface area contributed by atoms with Gasteiger partial charge in [0.1, 0.15) is 0 Å². The first-order valence-electron chi connectivity index (χ1n) is 8.67. The van der Waals surface area contributed by atoms with Gasteiger partial charge in [0.2, 0.25) is 5.91 Å². The van der Waals surface area contributed by atoms with E-state index in [2.05, 4.69) is 21.6 Å². The van der Waals surface area contributed by atoms with E-state index in [1.807, 2.05) is 49.6 Å². The Balaban J connectivity index is 1.71. The number of aromatic nitrogens is 3. The van der Waals surface area contributed by atoms with Gasteiger partial charge in [-0.05, 0) is 44.5 Å². The van der Waals surface area contributed by atoms with Crippen LogP contribution in [-0.2, 0) is 11.3 Å². The number of carbonyl (C=O) groups excluding carboxylic acids is 1. The van der Waals surface area contributed by atoms with Crippen molar-refractivity contribution < 1.29 is 4.79 Å². The highest BCUT2D eigenvalue weighted by atomic mass is 35.5. The number of nitrogens with zero attached hydrogens (tertiary/aromatic N) is 3. The van der Waals surface area contributed by atoms with Crippen LogP contribution in [0.1, 0.15) is 18.1 Å². The Morgan fingerprint density at radius 2 is 2.00 bits per heavy atom. The first kappa shape index (κ1) is 19.5. The van der Waals surface area contributed by atoms with Crippen molar-refractivity contribution >= 4 is 35.0 Å². The Morgan fingerprint density at radius 3 is 2.74 bits per heavy atom. The van der Waals surface area contributed by atoms with Gasteiger partial charge >= 0.3 is 0 Å². The molecule has 1 amide bonds. The van der Waals surface area contributed by atoms with Crippen LogP contribution in [-0.4, -0.2) is 26.4 Å². The largest absolute Gasteiger partial charge is 0.325 e. The van der Waals surface area contributed by atoms with Crippen LogP contribution in [0.2, 0.25) is 5.02 Å². The van der Waals surface area contributed by atoms with E-state index in [1.54, 1.807) is 12.1 Å². The van der Waals surface area contributed by atoms with Crippen LogP contribution >= 0.6 is 23.4 Å². The second-order valence-corrected chi connectivity index (χ2v) is 7.59. The second kappa shape index (κ2) is 8.59. The zero-order valence-electron chi connectivity index (χ0n) is 15.5. The molecule has 0 atom stereocenters. The maximum Gasteiger partial charge on any atom is 0.234 e. The molecule has 0 spiro atoms. The third-order valence-electron chi connectivity index (χ3n) is 4.12. The number of carbonyl (C=O) groups is 1. The fraction of sp³-hybridized carbons (Fsp3) is 0.250. The molecule has 0 saturated heterocycles. The van der Waals surface area contributed by atoms with Gasteiger partial charge in [-0.15, -0.1) is 10.2 Å². The normalized spacial score (nSPS) is 10.8. The highest BCUT2D eigenvalue weighted by molar-refractivity contribution is 7.99. The van der Waals surface area contributed by atoms with E-state index < -0.39 is 0 Å². The summed E-state index contributed by atoms with van der Waals surface area (Å²) in [5.74, 6) is 0.959. The third kappa shape index (κ3) is 4.70. The zero-order chi connectivity index (χ0) is 19.4. The number of amides is 1. The molecule has 0 aliphatic carbocycles. The van der Waals surface area contributed by atoms with E-state index in [0.717, 1.165) is 34.3 Å². The lowest BCUT2D eigenvalue weighted by Gasteiger charge is -2.10. The first-order chi connectivity index (χ1) is 13.0. The van der Waals surface area contributed by atoms with Crippen molar-refractivity contribution in [1.82, 2.24) is 14.8 Å². The van der Waals surface area contributed by atoms with Gasteiger partial charge in [-0.25, -0.2) is 0 Å². The third-order valence-corrected chi connectivity index (χ3v) is 5.32. The predicted octanol–water partition coefficient (Wildman–Crippen LogP) is 4.97. The van der Waals surface area contributed by atoms with Gasteiger partial charge in [0.25, 0.3) is 0 Å². The van der Waals surface area contributed by atoms with E-state index in [9.17, 15) is 4.79 Å². The molecule has 27 heavy (non-hydrogen) atoms. The highest BCUT2D eigenvalue weighted by Crippen LogP contribution is 2.25. The van der Waals surface area contributed by atoms with Crippen molar-refractivity contribution in [2.24, 2.45) is 0 Å². The molecule has 2 aromatic carbocycles. The molecule has 0 aliphatic rings. The highest BCUT2D eigenvalue weighted by Gasteiger charge is 2.15. The lowest BCUT2D eigenvalue weighted by molar-refractivity contribution is -0.113. The molecule has 0 fully saturated rings. The lowest BCUT2D eigenvalue weighted by Crippen LogP contribution is -2.15. The molecule has 3 rings (SSSR count). The number of hydrogen-bond donors (Lipinski definition) is 1. The van der Waals surface area contributed by atoms with E-state index in [-0.39, 0.29) is 11.7 Å². The van der Waals surface area contributed by atoms with Gasteiger partial charge in [0.05, 0.1) is 5.75 Å². The molecule has 7 heteroatoms. The SMILES string of the molecule is CCn1c(SCC(=O)Nc2cc(Cl)ccc2C)nnc1-c1cccc(C)c1. The number of rotatable bonds is 6. The van der Waals surface area contributed by atoms with Gasteiger partial charge in [-0.3, -0.25) is 4.79 Å². The van der Waals surface area contributed by atoms with Crippen LogP contribution in [0.25, 0.3) is 11.4 Å². The molecule has 1 aromatic heterocycles. The van der Waals surface area contributed by atoms with Crippen LogP contribution in [0.3, 0.4) is 0 Å². The summed E-state index contributed by atoms with van der Waals surface area (Å²) in [6.45, 7) is 6.75. The van der Waals surface area contributed by atoms with Crippen molar-refractivity contribution in [3.05, 3.63) is 58.6 Å². The number of halogens is 1. The van der Waals surface area contributed by atoms with Crippen LogP contribution in [0.4, 0.5) is 5.69 Å². The molecule has 1 N–H and O–H groups in total. The minimum Gasteiger partial charge on any atom is -0.325 e. The average Bonchev–Trinajstić information content (AvgIpc) is 3.06. The summed E-state index contributed by atoms with van der Waals surface area (Å²) in [5, 5.41) is 12.8. The quantitative estimate of drug-likeness (QED) is 0.593. The van der Waals surface area contributed by atoms with Gasteiger partial charge in [0, 0.05) is 22.8 Å². The minimum atomic E-state index is -0.104. The average molecular weight is 401 g/mol. The van der Waals surface area contributed by atoms with Crippen LogP contribution in [0.5, 0.6) is 0 Å². The van der Waals surface area contributed by atoms with Gasteiger partial charge < -0.3 is 9.88 Å². The summed E-state index contributed by atoms with van der Waals surface area (Å²) >= 11 is 7.38. The van der Waals surface area contributed by atoms with E-state index >= 15 is 0 Å². The van der Waals surface area contributed by atoms with Crippen LogP contribution in [0.15, 0.2) is 47.6 Å². The number of thioether (sulfide) groups is 1. The lowest BCUT2D eigenvalue weighted by atomic mass is 10.1. The Bertz CT molecular complexity index is 970. The van der Waals surface area contributed by atoms with Crippen LogP contribution < -0.4 is 5.32 Å². The Hall–Kier alpha value is -2.31. The molecule has 3 aromatic rings. The topological polar surface area (TPSA) is 59.8 Å². The zero-order valence-corrected chi connectivity index (χ0v) is 17.1. The number of benzene rings is 2. The fourth-order valence-electron chi connectivity index (χ4n) is 2.72. The van der Waals surface area contributed by atoms with Gasteiger partial charge in [-0.2, -0.15) is 0 Å². The Kier molecular flexibility index (Phi) is 6.19. The molecular formula is C20H21ClN4OS. The van der Waals surface area contributed by atoms with Crippen molar-refractivity contribution in [2.45, 2.75) is 32.5 Å².